The first kappa shape index (κ1) is 21.7. The van der Waals surface area contributed by atoms with E-state index >= 15 is 0 Å². The van der Waals surface area contributed by atoms with E-state index in [1.807, 2.05) is 6.07 Å². The van der Waals surface area contributed by atoms with Crippen molar-refractivity contribution in [3.63, 3.8) is 0 Å². The number of hydrogen-bond acceptors (Lipinski definition) is 5. The number of carbonyl (C=O) groups is 1. The summed E-state index contributed by atoms with van der Waals surface area (Å²) in [4.78, 5) is 13.2. The summed E-state index contributed by atoms with van der Waals surface area (Å²) < 4.78 is 38.4. The van der Waals surface area contributed by atoms with Crippen LogP contribution < -0.4 is 19.1 Å². The van der Waals surface area contributed by atoms with Crippen LogP contribution in [0, 0.1) is 0 Å². The Bertz CT molecular complexity index is 1220. The number of fused-ring (bicyclic) bond motifs is 1. The van der Waals surface area contributed by atoms with Crippen molar-refractivity contribution in [2.45, 2.75) is 17.7 Å². The summed E-state index contributed by atoms with van der Waals surface area (Å²) in [7, 11) is -0.675. The van der Waals surface area contributed by atoms with Crippen LogP contribution in [0.25, 0.3) is 0 Å². The van der Waals surface area contributed by atoms with Crippen molar-refractivity contribution >= 4 is 27.3 Å². The minimum atomic E-state index is -3.66. The van der Waals surface area contributed by atoms with Crippen molar-refractivity contribution < 1.29 is 22.7 Å². The lowest BCUT2D eigenvalue weighted by atomic mass is 10.0. The van der Waals surface area contributed by atoms with Gasteiger partial charge in [0.25, 0.3) is 15.9 Å². The van der Waals surface area contributed by atoms with Gasteiger partial charge < -0.3 is 14.8 Å². The summed E-state index contributed by atoms with van der Waals surface area (Å²) in [5, 5.41) is 2.88. The van der Waals surface area contributed by atoms with E-state index in [4.69, 9.17) is 9.47 Å². The smallest absolute Gasteiger partial charge is 0.264 e. The van der Waals surface area contributed by atoms with Crippen molar-refractivity contribution in [1.29, 1.82) is 0 Å². The van der Waals surface area contributed by atoms with Gasteiger partial charge in [-0.05, 0) is 60.9 Å². The third-order valence-corrected chi connectivity index (χ3v) is 7.23. The molecule has 7 nitrogen and oxygen atoms in total. The van der Waals surface area contributed by atoms with Crippen LogP contribution in [0.2, 0.25) is 0 Å². The molecule has 3 aromatic rings. The average Bonchev–Trinajstić information content (AvgIpc) is 2.83. The van der Waals surface area contributed by atoms with Crippen molar-refractivity contribution in [3.8, 4) is 11.5 Å². The predicted octanol–water partition coefficient (Wildman–Crippen LogP) is 4.10. The van der Waals surface area contributed by atoms with E-state index in [1.54, 1.807) is 60.7 Å². The predicted molar refractivity (Wildman–Crippen MR) is 123 cm³/mol. The molecule has 4 rings (SSSR count). The van der Waals surface area contributed by atoms with Crippen LogP contribution in [0.5, 0.6) is 11.5 Å². The highest BCUT2D eigenvalue weighted by molar-refractivity contribution is 7.92. The number of anilines is 2. The quantitative estimate of drug-likeness (QED) is 0.609. The van der Waals surface area contributed by atoms with Crippen LogP contribution in [0.3, 0.4) is 0 Å². The Balaban J connectivity index is 1.64. The third-order valence-electron chi connectivity index (χ3n) is 5.40. The summed E-state index contributed by atoms with van der Waals surface area (Å²) in [6, 6.07) is 18.8. The topological polar surface area (TPSA) is 84.9 Å². The van der Waals surface area contributed by atoms with Gasteiger partial charge in [0.1, 0.15) is 17.1 Å². The van der Waals surface area contributed by atoms with Gasteiger partial charge in [-0.3, -0.25) is 9.10 Å². The van der Waals surface area contributed by atoms with Crippen LogP contribution >= 0.6 is 0 Å². The van der Waals surface area contributed by atoms with Crippen molar-refractivity contribution in [1.82, 2.24) is 0 Å². The van der Waals surface area contributed by atoms with Gasteiger partial charge in [-0.1, -0.05) is 24.3 Å². The molecular formula is C24H24N2O5S. The summed E-state index contributed by atoms with van der Waals surface area (Å²) in [5.74, 6) is 0.434. The number of amides is 1. The van der Waals surface area contributed by atoms with Gasteiger partial charge in [0.15, 0.2) is 0 Å². The highest BCUT2D eigenvalue weighted by Crippen LogP contribution is 2.34. The van der Waals surface area contributed by atoms with Crippen LogP contribution in [0.4, 0.5) is 11.4 Å². The highest BCUT2D eigenvalue weighted by atomic mass is 32.2. The molecule has 0 unspecified atom stereocenters. The van der Waals surface area contributed by atoms with E-state index in [9.17, 15) is 13.2 Å². The molecule has 0 saturated heterocycles. The fourth-order valence-electron chi connectivity index (χ4n) is 3.88. The number of aryl methyl sites for hydroxylation is 1. The number of sulfonamides is 1. The summed E-state index contributed by atoms with van der Waals surface area (Å²) in [6.45, 7) is 0.411. The standard InChI is InChI=1S/C24H24N2O5S/c1-30-21-11-6-12-22(31-2)23(21)24(27)25-18-13-14-20-17(16-18)8-7-15-26(20)32(28,29)19-9-4-3-5-10-19/h3-6,9-14,16H,7-8,15H2,1-2H3,(H,25,27). The maximum absolute atomic E-state index is 13.2. The van der Waals surface area contributed by atoms with Crippen molar-refractivity contribution in [2.24, 2.45) is 0 Å². The number of benzene rings is 3. The van der Waals surface area contributed by atoms with Gasteiger partial charge in [-0.25, -0.2) is 8.42 Å². The molecule has 1 aliphatic rings. The number of carbonyl (C=O) groups excluding carboxylic acids is 1. The largest absolute Gasteiger partial charge is 0.496 e. The fraction of sp³-hybridized carbons (Fsp3) is 0.208. The Kier molecular flexibility index (Phi) is 6.05. The second-order valence-electron chi connectivity index (χ2n) is 7.33. The Morgan fingerprint density at radius 2 is 1.62 bits per heavy atom. The van der Waals surface area contributed by atoms with E-state index < -0.39 is 10.0 Å². The van der Waals surface area contributed by atoms with Crippen molar-refractivity contribution in [2.75, 3.05) is 30.4 Å². The van der Waals surface area contributed by atoms with E-state index in [1.165, 1.54) is 18.5 Å². The Labute approximate surface area is 187 Å². The van der Waals surface area contributed by atoms with Gasteiger partial charge in [-0.2, -0.15) is 0 Å². The molecule has 32 heavy (non-hydrogen) atoms. The molecule has 0 atom stereocenters. The lowest BCUT2D eigenvalue weighted by Crippen LogP contribution is -2.35. The van der Waals surface area contributed by atoms with Crippen LogP contribution in [-0.2, 0) is 16.4 Å². The molecule has 0 fully saturated rings. The Hall–Kier alpha value is -3.52. The zero-order valence-corrected chi connectivity index (χ0v) is 18.7. The average molecular weight is 453 g/mol. The molecule has 0 spiro atoms. The van der Waals surface area contributed by atoms with E-state index in [-0.39, 0.29) is 10.8 Å². The van der Waals surface area contributed by atoms with Crippen molar-refractivity contribution in [3.05, 3.63) is 77.9 Å². The number of rotatable bonds is 6. The first-order valence-corrected chi connectivity index (χ1v) is 11.6. The third kappa shape index (κ3) is 4.01. The highest BCUT2D eigenvalue weighted by Gasteiger charge is 2.29. The molecule has 1 heterocycles. The zero-order chi connectivity index (χ0) is 22.7. The Morgan fingerprint density at radius 1 is 0.938 bits per heavy atom. The fourth-order valence-corrected chi connectivity index (χ4v) is 5.44. The van der Waals surface area contributed by atoms with Crippen LogP contribution in [0.15, 0.2) is 71.6 Å². The molecule has 0 radical (unpaired) electrons. The maximum Gasteiger partial charge on any atom is 0.264 e. The number of nitrogens with zero attached hydrogens (tertiary/aromatic N) is 1. The molecule has 166 valence electrons. The maximum atomic E-state index is 13.2. The molecule has 8 heteroatoms. The number of ether oxygens (including phenoxy) is 2. The number of hydrogen-bond donors (Lipinski definition) is 1. The second-order valence-corrected chi connectivity index (χ2v) is 9.19. The van der Waals surface area contributed by atoms with E-state index in [0.29, 0.717) is 41.4 Å². The first-order chi connectivity index (χ1) is 15.5. The van der Waals surface area contributed by atoms with E-state index in [2.05, 4.69) is 5.32 Å². The van der Waals surface area contributed by atoms with E-state index in [0.717, 1.165) is 12.0 Å². The minimum Gasteiger partial charge on any atom is -0.496 e. The molecule has 1 amide bonds. The first-order valence-electron chi connectivity index (χ1n) is 10.2. The molecule has 1 N–H and O–H groups in total. The SMILES string of the molecule is COc1cccc(OC)c1C(=O)Nc1ccc2c(c1)CCCN2S(=O)(=O)c1ccccc1. The monoisotopic (exact) mass is 452 g/mol. The van der Waals surface area contributed by atoms with Gasteiger partial charge >= 0.3 is 0 Å². The number of methoxy groups -OCH3 is 2. The molecule has 1 aliphatic heterocycles. The van der Waals surface area contributed by atoms with Gasteiger partial charge in [0.2, 0.25) is 0 Å². The zero-order valence-electron chi connectivity index (χ0n) is 17.9. The Morgan fingerprint density at radius 3 is 2.28 bits per heavy atom. The lowest BCUT2D eigenvalue weighted by molar-refractivity contribution is 0.102. The molecule has 0 aliphatic carbocycles. The summed E-state index contributed by atoms with van der Waals surface area (Å²) in [5.41, 5.74) is 2.36. The number of nitrogens with one attached hydrogen (secondary N) is 1. The molecule has 0 aromatic heterocycles. The van der Waals surface area contributed by atoms with Gasteiger partial charge in [0.05, 0.1) is 24.8 Å². The normalized spacial score (nSPS) is 13.2. The van der Waals surface area contributed by atoms with Gasteiger partial charge in [-0.15, -0.1) is 0 Å². The van der Waals surface area contributed by atoms with Crippen LogP contribution in [-0.4, -0.2) is 35.1 Å². The molecule has 0 saturated carbocycles. The van der Waals surface area contributed by atoms with Crippen LogP contribution in [0.1, 0.15) is 22.3 Å². The minimum absolute atomic E-state index is 0.258. The summed E-state index contributed by atoms with van der Waals surface area (Å²) >= 11 is 0. The van der Waals surface area contributed by atoms with Gasteiger partial charge in [0, 0.05) is 12.2 Å². The second kappa shape index (κ2) is 8.92. The molecular weight excluding hydrogens is 428 g/mol. The summed E-state index contributed by atoms with van der Waals surface area (Å²) in [6.07, 6.45) is 1.41. The molecule has 0 bridgehead atoms. The molecule has 3 aromatic carbocycles. The lowest BCUT2D eigenvalue weighted by Gasteiger charge is -2.31.